The molecule has 1 atom stereocenters. The predicted octanol–water partition coefficient (Wildman–Crippen LogP) is 3.30. The van der Waals surface area contributed by atoms with Gasteiger partial charge in [-0.3, -0.25) is 4.90 Å². The first-order valence-corrected chi connectivity index (χ1v) is 7.45. The number of nitrogens with zero attached hydrogens (tertiary/aromatic N) is 1. The Balaban J connectivity index is 1.59. The summed E-state index contributed by atoms with van der Waals surface area (Å²) >= 11 is 0. The van der Waals surface area contributed by atoms with Crippen LogP contribution in [0.4, 0.5) is 5.69 Å². The number of benzene rings is 2. The highest BCUT2D eigenvalue weighted by Gasteiger charge is 2.20. The maximum Gasteiger partial charge on any atom is 0.142 e. The summed E-state index contributed by atoms with van der Waals surface area (Å²) in [6.07, 6.45) is 0.189. The van der Waals surface area contributed by atoms with Crippen LogP contribution in [0.25, 0.3) is 0 Å². The van der Waals surface area contributed by atoms with Crippen LogP contribution in [-0.4, -0.2) is 31.1 Å². The standard InChI is InChI=1S/C18H22N2O/c1-14-7-3-4-8-15(14)12-20(2)13-16-11-19-17-9-5-6-10-18(17)21-16/h3-10,16,19H,11-13H2,1-2H3. The first kappa shape index (κ1) is 14.0. The summed E-state index contributed by atoms with van der Waals surface area (Å²) in [5, 5.41) is 3.44. The second-order valence-corrected chi connectivity index (χ2v) is 5.74. The number of hydrogen-bond donors (Lipinski definition) is 1. The van der Waals surface area contributed by atoms with Gasteiger partial charge < -0.3 is 10.1 Å². The highest BCUT2D eigenvalue weighted by molar-refractivity contribution is 5.57. The van der Waals surface area contributed by atoms with Gasteiger partial charge in [0, 0.05) is 13.1 Å². The topological polar surface area (TPSA) is 24.5 Å². The Bertz CT molecular complexity index is 612. The van der Waals surface area contributed by atoms with Crippen LogP contribution >= 0.6 is 0 Å². The lowest BCUT2D eigenvalue weighted by atomic mass is 10.1. The smallest absolute Gasteiger partial charge is 0.142 e. The molecule has 0 amide bonds. The van der Waals surface area contributed by atoms with E-state index in [4.69, 9.17) is 4.74 Å². The lowest BCUT2D eigenvalue weighted by Gasteiger charge is -2.30. The van der Waals surface area contributed by atoms with Gasteiger partial charge in [-0.05, 0) is 37.2 Å². The van der Waals surface area contributed by atoms with E-state index in [1.165, 1.54) is 11.1 Å². The molecule has 1 unspecified atom stereocenters. The average Bonchev–Trinajstić information content (AvgIpc) is 2.49. The number of fused-ring (bicyclic) bond motifs is 1. The summed E-state index contributed by atoms with van der Waals surface area (Å²) < 4.78 is 6.07. The summed E-state index contributed by atoms with van der Waals surface area (Å²) in [5.41, 5.74) is 3.82. The van der Waals surface area contributed by atoms with Gasteiger partial charge in [-0.25, -0.2) is 0 Å². The molecule has 21 heavy (non-hydrogen) atoms. The maximum absolute atomic E-state index is 6.07. The third-order valence-corrected chi connectivity index (χ3v) is 3.92. The van der Waals surface area contributed by atoms with Gasteiger partial charge in [-0.1, -0.05) is 36.4 Å². The Morgan fingerprint density at radius 2 is 1.90 bits per heavy atom. The molecule has 0 bridgehead atoms. The molecule has 0 spiro atoms. The van der Waals surface area contributed by atoms with E-state index >= 15 is 0 Å². The first-order valence-electron chi connectivity index (χ1n) is 7.45. The molecule has 3 rings (SSSR count). The van der Waals surface area contributed by atoms with Crippen molar-refractivity contribution >= 4 is 5.69 Å². The lowest BCUT2D eigenvalue weighted by Crippen LogP contribution is -2.40. The summed E-state index contributed by atoms with van der Waals surface area (Å²) in [4.78, 5) is 2.32. The van der Waals surface area contributed by atoms with Crippen LogP contribution < -0.4 is 10.1 Å². The van der Waals surface area contributed by atoms with Crippen molar-refractivity contribution in [2.45, 2.75) is 19.6 Å². The molecule has 2 aromatic rings. The third-order valence-electron chi connectivity index (χ3n) is 3.92. The number of rotatable bonds is 4. The van der Waals surface area contributed by atoms with Gasteiger partial charge in [-0.15, -0.1) is 0 Å². The van der Waals surface area contributed by atoms with Crippen molar-refractivity contribution < 1.29 is 4.74 Å². The largest absolute Gasteiger partial charge is 0.485 e. The predicted molar refractivity (Wildman–Crippen MR) is 86.9 cm³/mol. The molecule has 0 fully saturated rings. The molecule has 0 radical (unpaired) electrons. The number of para-hydroxylation sites is 2. The SMILES string of the molecule is Cc1ccccc1CN(C)CC1CNc2ccccc2O1. The van der Waals surface area contributed by atoms with E-state index in [-0.39, 0.29) is 6.10 Å². The minimum absolute atomic E-state index is 0.189. The van der Waals surface area contributed by atoms with Crippen molar-refractivity contribution in [1.29, 1.82) is 0 Å². The van der Waals surface area contributed by atoms with Crippen molar-refractivity contribution in [1.82, 2.24) is 4.90 Å². The minimum Gasteiger partial charge on any atom is -0.485 e. The van der Waals surface area contributed by atoms with E-state index in [2.05, 4.69) is 54.5 Å². The Kier molecular flexibility index (Phi) is 4.11. The van der Waals surface area contributed by atoms with Crippen LogP contribution in [0.1, 0.15) is 11.1 Å². The number of likely N-dealkylation sites (N-methyl/N-ethyl adjacent to an activating group) is 1. The van der Waals surface area contributed by atoms with Crippen LogP contribution in [0.2, 0.25) is 0 Å². The molecule has 0 saturated heterocycles. The van der Waals surface area contributed by atoms with E-state index < -0.39 is 0 Å². The number of nitrogens with one attached hydrogen (secondary N) is 1. The van der Waals surface area contributed by atoms with E-state index in [1.54, 1.807) is 0 Å². The van der Waals surface area contributed by atoms with E-state index in [0.29, 0.717) is 0 Å². The fraction of sp³-hybridized carbons (Fsp3) is 0.333. The molecule has 1 heterocycles. The monoisotopic (exact) mass is 282 g/mol. The highest BCUT2D eigenvalue weighted by Crippen LogP contribution is 2.28. The lowest BCUT2D eigenvalue weighted by molar-refractivity contribution is 0.148. The number of anilines is 1. The molecule has 0 saturated carbocycles. The fourth-order valence-corrected chi connectivity index (χ4v) is 2.75. The third kappa shape index (κ3) is 3.37. The summed E-state index contributed by atoms with van der Waals surface area (Å²) in [6, 6.07) is 16.7. The number of aryl methyl sites for hydroxylation is 1. The van der Waals surface area contributed by atoms with Gasteiger partial charge in [-0.2, -0.15) is 0 Å². The van der Waals surface area contributed by atoms with Gasteiger partial charge in [0.05, 0.1) is 12.2 Å². The molecule has 2 aromatic carbocycles. The molecule has 110 valence electrons. The minimum atomic E-state index is 0.189. The van der Waals surface area contributed by atoms with Crippen LogP contribution in [0.5, 0.6) is 5.75 Å². The average molecular weight is 282 g/mol. The fourth-order valence-electron chi connectivity index (χ4n) is 2.75. The zero-order valence-corrected chi connectivity index (χ0v) is 12.7. The summed E-state index contributed by atoms with van der Waals surface area (Å²) in [7, 11) is 2.15. The van der Waals surface area contributed by atoms with E-state index in [0.717, 1.165) is 31.1 Å². The van der Waals surface area contributed by atoms with Crippen LogP contribution in [0.15, 0.2) is 48.5 Å². The zero-order valence-electron chi connectivity index (χ0n) is 12.7. The van der Waals surface area contributed by atoms with Gasteiger partial charge in [0.25, 0.3) is 0 Å². The summed E-state index contributed by atoms with van der Waals surface area (Å²) in [6.45, 7) is 4.89. The Hall–Kier alpha value is -2.00. The van der Waals surface area contributed by atoms with E-state index in [1.807, 2.05) is 18.2 Å². The van der Waals surface area contributed by atoms with Crippen LogP contribution in [-0.2, 0) is 6.54 Å². The normalized spacial score (nSPS) is 17.0. The number of ether oxygens (including phenoxy) is 1. The molecular formula is C18H22N2O. The molecule has 0 aliphatic carbocycles. The molecule has 1 N–H and O–H groups in total. The molecule has 3 heteroatoms. The van der Waals surface area contributed by atoms with Crippen molar-refractivity contribution in [3.63, 3.8) is 0 Å². The second-order valence-electron chi connectivity index (χ2n) is 5.74. The van der Waals surface area contributed by atoms with Crippen molar-refractivity contribution in [2.24, 2.45) is 0 Å². The highest BCUT2D eigenvalue weighted by atomic mass is 16.5. The van der Waals surface area contributed by atoms with Crippen molar-refractivity contribution in [3.05, 3.63) is 59.7 Å². The summed E-state index contributed by atoms with van der Waals surface area (Å²) in [5.74, 6) is 0.957. The Morgan fingerprint density at radius 3 is 2.76 bits per heavy atom. The number of hydrogen-bond acceptors (Lipinski definition) is 3. The zero-order chi connectivity index (χ0) is 14.7. The quantitative estimate of drug-likeness (QED) is 0.931. The molecule has 1 aliphatic rings. The van der Waals surface area contributed by atoms with Gasteiger partial charge >= 0.3 is 0 Å². The molecule has 1 aliphatic heterocycles. The maximum atomic E-state index is 6.07. The Morgan fingerprint density at radius 1 is 1.14 bits per heavy atom. The van der Waals surface area contributed by atoms with Crippen molar-refractivity contribution in [3.8, 4) is 5.75 Å². The van der Waals surface area contributed by atoms with E-state index in [9.17, 15) is 0 Å². The van der Waals surface area contributed by atoms with Crippen LogP contribution in [0.3, 0.4) is 0 Å². The van der Waals surface area contributed by atoms with Crippen LogP contribution in [0, 0.1) is 6.92 Å². The van der Waals surface area contributed by atoms with Crippen molar-refractivity contribution in [2.75, 3.05) is 25.5 Å². The van der Waals surface area contributed by atoms with Gasteiger partial charge in [0.1, 0.15) is 11.9 Å². The van der Waals surface area contributed by atoms with Gasteiger partial charge in [0.2, 0.25) is 0 Å². The first-order chi connectivity index (χ1) is 10.2. The molecule has 3 nitrogen and oxygen atoms in total. The van der Waals surface area contributed by atoms with Gasteiger partial charge in [0.15, 0.2) is 0 Å². The second kappa shape index (κ2) is 6.19. The Labute approximate surface area is 126 Å². The molecular weight excluding hydrogens is 260 g/mol. The molecule has 0 aromatic heterocycles.